The second-order valence-electron chi connectivity index (χ2n) is 10.3. The molecule has 0 unspecified atom stereocenters. The number of allylic oxidation sites excluding steroid dienone is 7. The Morgan fingerprint density at radius 2 is 1.65 bits per heavy atom. The van der Waals surface area contributed by atoms with Gasteiger partial charge in [0.25, 0.3) is 0 Å². The molecule has 0 atom stereocenters. The minimum absolute atomic E-state index is 0.198. The quantitative estimate of drug-likeness (QED) is 0.188. The van der Waals surface area contributed by atoms with Gasteiger partial charge in [-0.2, -0.15) is 0 Å². The number of ether oxygens (including phenoxy) is 2. The van der Waals surface area contributed by atoms with Crippen LogP contribution < -0.4 is 20.3 Å². The summed E-state index contributed by atoms with van der Waals surface area (Å²) in [7, 11) is 7.78. The maximum Gasteiger partial charge on any atom is 0.323 e. The van der Waals surface area contributed by atoms with Gasteiger partial charge in [-0.3, -0.25) is 4.79 Å². The van der Waals surface area contributed by atoms with Crippen LogP contribution in [0.3, 0.4) is 0 Å². The predicted octanol–water partition coefficient (Wildman–Crippen LogP) is 6.62. The van der Waals surface area contributed by atoms with Crippen LogP contribution in [0.2, 0.25) is 0 Å². The molecule has 0 aliphatic carbocycles. The fraction of sp³-hybridized carbons (Fsp3) is 0.312. The van der Waals surface area contributed by atoms with Gasteiger partial charge in [0.2, 0.25) is 5.78 Å². The maximum absolute atomic E-state index is 13.2. The van der Waals surface area contributed by atoms with Crippen molar-refractivity contribution in [3.05, 3.63) is 95.0 Å². The van der Waals surface area contributed by atoms with Crippen LogP contribution in [-0.4, -0.2) is 58.1 Å². The molecule has 2 aromatic rings. The molecular weight excluding hydrogens is 504 g/mol. The summed E-state index contributed by atoms with van der Waals surface area (Å²) in [6.45, 7) is 11.8. The van der Waals surface area contributed by atoms with Gasteiger partial charge in [0.1, 0.15) is 5.75 Å². The molecule has 1 aliphatic rings. The lowest BCUT2D eigenvalue weighted by Crippen LogP contribution is -2.23. The zero-order valence-electron chi connectivity index (χ0n) is 24.6. The number of nitrogens with zero attached hydrogens (tertiary/aromatic N) is 2. The van der Waals surface area contributed by atoms with Crippen LogP contribution >= 0.6 is 0 Å². The average Bonchev–Trinajstić information content (AvgIpc) is 3.21. The number of hydrogen-bond acceptors (Lipinski definition) is 6. The van der Waals surface area contributed by atoms with E-state index in [1.54, 1.807) is 31.4 Å². The minimum atomic E-state index is -0.405. The van der Waals surface area contributed by atoms with Crippen LogP contribution in [0.25, 0.3) is 0 Å². The highest BCUT2D eigenvalue weighted by atomic mass is 16.5. The predicted molar refractivity (Wildman–Crippen MR) is 163 cm³/mol. The van der Waals surface area contributed by atoms with E-state index in [0.717, 1.165) is 36.3 Å². The smallest absolute Gasteiger partial charge is 0.323 e. The Morgan fingerprint density at radius 1 is 1.00 bits per heavy atom. The molecule has 1 aliphatic heterocycles. The third kappa shape index (κ3) is 8.10. The fourth-order valence-corrected chi connectivity index (χ4v) is 4.18. The van der Waals surface area contributed by atoms with Gasteiger partial charge in [-0.25, -0.2) is 4.79 Å². The third-order valence-corrected chi connectivity index (χ3v) is 6.45. The van der Waals surface area contributed by atoms with Crippen molar-refractivity contribution in [3.8, 4) is 5.75 Å². The first kappa shape index (κ1) is 30.2. The van der Waals surface area contributed by atoms with Crippen molar-refractivity contribution in [1.29, 1.82) is 0 Å². The number of benzene rings is 2. The summed E-state index contributed by atoms with van der Waals surface area (Å²) in [5.74, 6) is 1.08. The molecule has 0 spiro atoms. The molecule has 1 heterocycles. The number of carbonyl (C=O) groups excluding carboxylic acids is 2. The van der Waals surface area contributed by atoms with E-state index >= 15 is 0 Å². The standard InChI is InChI=1S/C32H40N4O4/c1-21(2)27(22(3)18-23(4)39-8)20-30-31(37)28-19-25(12-15-29(28)40-30)34-32(38)33-24-10-13-26(14-11-24)36(7)17-9-16-35(5)6/h10-15,18-20H,3,9,16-17H2,1-2,4-8H3,(H2,33,34,38)/b23-18+,30-20-. The fourth-order valence-electron chi connectivity index (χ4n) is 4.18. The van der Waals surface area contributed by atoms with E-state index in [1.807, 2.05) is 51.1 Å². The van der Waals surface area contributed by atoms with E-state index in [0.29, 0.717) is 34.0 Å². The number of anilines is 3. The first-order chi connectivity index (χ1) is 19.0. The maximum atomic E-state index is 13.2. The topological polar surface area (TPSA) is 83.1 Å². The Labute approximate surface area is 237 Å². The second kappa shape index (κ2) is 13.7. The van der Waals surface area contributed by atoms with Crippen LogP contribution in [0.4, 0.5) is 21.9 Å². The van der Waals surface area contributed by atoms with Gasteiger partial charge < -0.3 is 29.9 Å². The average molecular weight is 545 g/mol. The number of amides is 2. The number of ketones is 1. The van der Waals surface area contributed by atoms with Crippen LogP contribution in [0, 0.1) is 0 Å². The van der Waals surface area contributed by atoms with Crippen molar-refractivity contribution in [2.24, 2.45) is 0 Å². The number of Topliss-reactive ketones (excluding diaryl/α,β-unsaturated/α-hetero) is 1. The normalized spacial score (nSPS) is 13.6. The monoisotopic (exact) mass is 544 g/mol. The Morgan fingerprint density at radius 3 is 2.27 bits per heavy atom. The van der Waals surface area contributed by atoms with Crippen molar-refractivity contribution in [2.75, 3.05) is 56.9 Å². The molecule has 2 amide bonds. The summed E-state index contributed by atoms with van der Waals surface area (Å²) in [5, 5.41) is 5.64. The number of methoxy groups -OCH3 is 1. The van der Waals surface area contributed by atoms with Gasteiger partial charge in [-0.1, -0.05) is 12.2 Å². The van der Waals surface area contributed by atoms with E-state index in [4.69, 9.17) is 9.47 Å². The largest absolute Gasteiger partial charge is 0.501 e. The summed E-state index contributed by atoms with van der Waals surface area (Å²) in [6, 6.07) is 12.3. The number of carbonyl (C=O) groups is 2. The van der Waals surface area contributed by atoms with Crippen molar-refractivity contribution >= 4 is 28.9 Å². The highest BCUT2D eigenvalue weighted by Crippen LogP contribution is 2.34. The third-order valence-electron chi connectivity index (χ3n) is 6.45. The van der Waals surface area contributed by atoms with Gasteiger partial charge in [-0.15, -0.1) is 0 Å². The van der Waals surface area contributed by atoms with Crippen molar-refractivity contribution in [2.45, 2.75) is 27.2 Å². The molecule has 2 aromatic carbocycles. The van der Waals surface area contributed by atoms with Gasteiger partial charge in [-0.05, 0) is 114 Å². The highest BCUT2D eigenvalue weighted by Gasteiger charge is 2.28. The zero-order chi connectivity index (χ0) is 29.4. The molecule has 0 saturated carbocycles. The van der Waals surface area contributed by atoms with Gasteiger partial charge in [0.15, 0.2) is 5.76 Å². The van der Waals surface area contributed by atoms with E-state index in [-0.39, 0.29) is 11.5 Å². The van der Waals surface area contributed by atoms with E-state index in [9.17, 15) is 9.59 Å². The Kier molecular flexibility index (Phi) is 10.3. The molecule has 0 saturated heterocycles. The van der Waals surface area contributed by atoms with Gasteiger partial charge in [0, 0.05) is 30.7 Å². The Balaban J connectivity index is 1.65. The summed E-state index contributed by atoms with van der Waals surface area (Å²) in [4.78, 5) is 30.2. The van der Waals surface area contributed by atoms with Crippen LogP contribution in [-0.2, 0) is 4.74 Å². The molecule has 0 radical (unpaired) electrons. The van der Waals surface area contributed by atoms with Crippen molar-refractivity contribution < 1.29 is 19.1 Å². The zero-order valence-corrected chi connectivity index (χ0v) is 24.6. The number of hydrogen-bond donors (Lipinski definition) is 2. The van der Waals surface area contributed by atoms with Crippen LogP contribution in [0.1, 0.15) is 37.6 Å². The molecule has 212 valence electrons. The molecule has 2 N–H and O–H groups in total. The van der Waals surface area contributed by atoms with Crippen LogP contribution in [0.15, 0.2) is 89.4 Å². The second-order valence-corrected chi connectivity index (χ2v) is 10.3. The van der Waals surface area contributed by atoms with E-state index in [2.05, 4.69) is 48.2 Å². The SMILES string of the molecule is C=C(/C=C(\C)OC)C(/C=C1\Oc2ccc(NC(=O)Nc3ccc(N(C)CCCN(C)C)cc3)cc2C1=O)=C(C)C. The molecule has 0 fully saturated rings. The summed E-state index contributed by atoms with van der Waals surface area (Å²) in [6.07, 6.45) is 4.57. The molecule has 40 heavy (non-hydrogen) atoms. The lowest BCUT2D eigenvalue weighted by molar-refractivity contribution is 0.101. The number of fused-ring (bicyclic) bond motifs is 1. The molecule has 0 bridgehead atoms. The molecule has 3 rings (SSSR count). The lowest BCUT2D eigenvalue weighted by atomic mass is 10.00. The number of rotatable bonds is 11. The lowest BCUT2D eigenvalue weighted by Gasteiger charge is -2.20. The minimum Gasteiger partial charge on any atom is -0.501 e. The summed E-state index contributed by atoms with van der Waals surface area (Å²) >= 11 is 0. The number of nitrogens with one attached hydrogen (secondary N) is 2. The van der Waals surface area contributed by atoms with E-state index in [1.165, 1.54) is 0 Å². The first-order valence-corrected chi connectivity index (χ1v) is 13.2. The van der Waals surface area contributed by atoms with Gasteiger partial charge in [0.05, 0.1) is 18.4 Å². The molecular formula is C32H40N4O4. The summed E-state index contributed by atoms with van der Waals surface area (Å²) < 4.78 is 11.1. The molecule has 8 heteroatoms. The van der Waals surface area contributed by atoms with Crippen molar-refractivity contribution in [3.63, 3.8) is 0 Å². The Bertz CT molecular complexity index is 1350. The van der Waals surface area contributed by atoms with Gasteiger partial charge >= 0.3 is 6.03 Å². The number of urea groups is 1. The summed E-state index contributed by atoms with van der Waals surface area (Å²) in [5.41, 5.74) is 5.09. The van der Waals surface area contributed by atoms with E-state index < -0.39 is 6.03 Å². The molecule has 8 nitrogen and oxygen atoms in total. The van der Waals surface area contributed by atoms with Crippen molar-refractivity contribution in [1.82, 2.24) is 4.90 Å². The Hall–Kier alpha value is -4.30. The first-order valence-electron chi connectivity index (χ1n) is 13.2. The van der Waals surface area contributed by atoms with Crippen LogP contribution in [0.5, 0.6) is 5.75 Å². The molecule has 0 aromatic heterocycles. The highest BCUT2D eigenvalue weighted by molar-refractivity contribution is 6.13.